The second kappa shape index (κ2) is 7.75. The van der Waals surface area contributed by atoms with Crippen LogP contribution in [0, 0.1) is 11.8 Å². The Labute approximate surface area is 146 Å². The zero-order chi connectivity index (χ0) is 18.6. The van der Waals surface area contributed by atoms with Gasteiger partial charge < -0.3 is 10.2 Å². The van der Waals surface area contributed by atoms with Crippen molar-refractivity contribution < 1.29 is 29.6 Å². The molecule has 132 valence electrons. The molecule has 0 saturated heterocycles. The van der Waals surface area contributed by atoms with Crippen molar-refractivity contribution in [3.05, 3.63) is 28.7 Å². The van der Waals surface area contributed by atoms with Crippen molar-refractivity contribution in [2.24, 2.45) is 0 Å². The monoisotopic (exact) mass is 367 g/mol. The first-order valence-electron chi connectivity index (χ1n) is 6.95. The Morgan fingerprint density at radius 2 is 1.96 bits per heavy atom. The van der Waals surface area contributed by atoms with Crippen LogP contribution in [-0.2, 0) is 21.0 Å². The first-order chi connectivity index (χ1) is 11.8. The van der Waals surface area contributed by atoms with Crippen LogP contribution in [0.3, 0.4) is 0 Å². The number of rotatable bonds is 8. The quantitative estimate of drug-likeness (QED) is 0.525. The van der Waals surface area contributed by atoms with E-state index in [2.05, 4.69) is 15.0 Å². The number of aromatic nitrogens is 3. The molecule has 2 rings (SSSR count). The van der Waals surface area contributed by atoms with Crippen LogP contribution in [0.1, 0.15) is 5.56 Å². The van der Waals surface area contributed by atoms with Crippen LogP contribution in [0.4, 0.5) is 5.69 Å². The summed E-state index contributed by atoms with van der Waals surface area (Å²) in [5.41, 5.74) is 1.40. The van der Waals surface area contributed by atoms with E-state index in [9.17, 15) is 14.5 Å². The number of benzene rings is 1. The van der Waals surface area contributed by atoms with Crippen molar-refractivity contribution in [1.82, 2.24) is 14.8 Å². The average Bonchev–Trinajstić information content (AvgIpc) is 2.93. The lowest BCUT2D eigenvalue weighted by molar-refractivity contribution is -0.736. The van der Waals surface area contributed by atoms with Crippen molar-refractivity contribution in [2.45, 2.75) is 18.6 Å². The average molecular weight is 367 g/mol. The van der Waals surface area contributed by atoms with E-state index < -0.39 is 18.5 Å². The number of carboxylic acids is 2. The van der Waals surface area contributed by atoms with Gasteiger partial charge in [-0.15, -0.1) is 10.2 Å². The van der Waals surface area contributed by atoms with Crippen LogP contribution < -0.4 is 0 Å². The minimum absolute atomic E-state index is 0.161. The van der Waals surface area contributed by atoms with Crippen molar-refractivity contribution >= 4 is 29.4 Å². The van der Waals surface area contributed by atoms with Gasteiger partial charge in [-0.1, -0.05) is 11.8 Å². The van der Waals surface area contributed by atoms with Gasteiger partial charge in [0.2, 0.25) is 0 Å². The van der Waals surface area contributed by atoms with E-state index >= 15 is 0 Å². The molecule has 1 aromatic carbocycles. The number of nitrogens with zero attached hydrogens (tertiary/aromatic N) is 4. The summed E-state index contributed by atoms with van der Waals surface area (Å²) in [5, 5.41) is 25.9. The van der Waals surface area contributed by atoms with Crippen LogP contribution in [-0.4, -0.2) is 54.7 Å². The molecule has 0 atom stereocenters. The van der Waals surface area contributed by atoms with Crippen LogP contribution in [0.2, 0.25) is 0 Å². The number of hydrogen-bond donors (Lipinski definition) is 2. The predicted molar refractivity (Wildman–Crippen MR) is 86.5 cm³/mol. The molecule has 1 heterocycles. The Morgan fingerprint density at radius 3 is 2.56 bits per heavy atom. The van der Waals surface area contributed by atoms with E-state index in [0.717, 1.165) is 17.3 Å². The van der Waals surface area contributed by atoms with E-state index in [0.29, 0.717) is 10.5 Å². The van der Waals surface area contributed by atoms with E-state index in [1.54, 1.807) is 19.1 Å². The van der Waals surface area contributed by atoms with Crippen molar-refractivity contribution in [3.63, 3.8) is 0 Å². The van der Waals surface area contributed by atoms with Crippen molar-refractivity contribution in [3.8, 4) is 11.4 Å². The van der Waals surface area contributed by atoms with Crippen molar-refractivity contribution in [2.75, 3.05) is 12.9 Å². The van der Waals surface area contributed by atoms with Gasteiger partial charge in [0.05, 0.1) is 10.7 Å². The normalized spacial score (nSPS) is 10.5. The topological polar surface area (TPSA) is 135 Å². The molecule has 0 amide bonds. The second-order valence-electron chi connectivity index (χ2n) is 4.97. The summed E-state index contributed by atoms with van der Waals surface area (Å²) in [6.45, 7) is 1.31. The van der Waals surface area contributed by atoms with Crippen LogP contribution >= 0.6 is 11.8 Å². The summed E-state index contributed by atoms with van der Waals surface area (Å²) in [7, 11) is 1.22. The number of hydrogen-bond acceptors (Lipinski definition) is 7. The Morgan fingerprint density at radius 1 is 1.24 bits per heavy atom. The Kier molecular flexibility index (Phi) is 5.70. The zero-order valence-corrected chi connectivity index (χ0v) is 14.2. The lowest BCUT2D eigenvalue weighted by Gasteiger charge is -2.07. The summed E-state index contributed by atoms with van der Waals surface area (Å²) < 4.78 is 1.29. The molecule has 25 heavy (non-hydrogen) atoms. The first kappa shape index (κ1) is 18.4. The van der Waals surface area contributed by atoms with Gasteiger partial charge in [-0.3, -0.25) is 14.2 Å². The number of aliphatic carboxylic acids is 2. The minimum Gasteiger partial charge on any atom is -0.481 e. The Bertz CT molecular complexity index is 835. The summed E-state index contributed by atoms with van der Waals surface area (Å²) in [6.07, 6.45) is 0. The van der Waals surface area contributed by atoms with Crippen LogP contribution in [0.5, 0.6) is 0 Å². The lowest BCUT2D eigenvalue weighted by Crippen LogP contribution is -2.12. The largest absolute Gasteiger partial charge is 0.481 e. The van der Waals surface area contributed by atoms with Gasteiger partial charge in [0, 0.05) is 17.7 Å². The maximum Gasteiger partial charge on any atom is 0.323 e. The highest BCUT2D eigenvalue weighted by molar-refractivity contribution is 7.99. The summed E-state index contributed by atoms with van der Waals surface area (Å²) in [4.78, 5) is 38.5. The van der Waals surface area contributed by atoms with Gasteiger partial charge in [-0.25, -0.2) is 4.84 Å². The molecule has 2 N–H and O–H groups in total. The third-order valence-electron chi connectivity index (χ3n) is 3.03. The predicted octanol–water partition coefficient (Wildman–Crippen LogP) is 1.49. The van der Waals surface area contributed by atoms with Gasteiger partial charge in [0.15, 0.2) is 18.1 Å². The number of carbonyl (C=O) groups is 2. The maximum absolute atomic E-state index is 11.7. The molecule has 0 spiro atoms. The van der Waals surface area contributed by atoms with E-state index in [4.69, 9.17) is 10.2 Å². The second-order valence-corrected chi connectivity index (χ2v) is 5.91. The molecule has 1 aromatic heterocycles. The standard InChI is InChI=1S/C14H14N4O6S/c1-8-3-9(5-10(4-8)18(23)24-2)13-15-16-14(25-7-12(21)22)17(13)6-11(19)20/h3-5H,6-7H2,1-2H3,(H-,19,20,21,22)/p+1. The molecule has 0 unspecified atom stereocenters. The van der Waals surface area contributed by atoms with Gasteiger partial charge in [-0.2, -0.15) is 0 Å². The fourth-order valence-corrected chi connectivity index (χ4v) is 2.77. The van der Waals surface area contributed by atoms with Crippen molar-refractivity contribution in [1.29, 1.82) is 0 Å². The molecular formula is C14H15N4O6S+. The fourth-order valence-electron chi connectivity index (χ4n) is 2.12. The minimum atomic E-state index is -1.13. The fraction of sp³-hybridized carbons (Fsp3) is 0.286. The molecule has 0 aliphatic heterocycles. The molecule has 0 radical (unpaired) electrons. The summed E-state index contributed by atoms with van der Waals surface area (Å²) >= 11 is 0.861. The third-order valence-corrected chi connectivity index (χ3v) is 3.98. The highest BCUT2D eigenvalue weighted by Gasteiger charge is 2.22. The molecule has 0 bridgehead atoms. The molecule has 0 aliphatic carbocycles. The molecular weight excluding hydrogens is 352 g/mol. The summed E-state index contributed by atoms with van der Waals surface area (Å²) in [5.74, 6) is -2.26. The molecule has 0 aliphatic rings. The molecule has 0 saturated carbocycles. The van der Waals surface area contributed by atoms with E-state index in [1.165, 1.54) is 17.7 Å². The van der Waals surface area contributed by atoms with Gasteiger partial charge in [0.25, 0.3) is 4.92 Å². The first-order valence-corrected chi connectivity index (χ1v) is 7.93. The maximum atomic E-state index is 11.7. The zero-order valence-electron chi connectivity index (χ0n) is 13.4. The van der Waals surface area contributed by atoms with Gasteiger partial charge >= 0.3 is 17.6 Å². The Hall–Kier alpha value is -2.95. The highest BCUT2D eigenvalue weighted by Crippen LogP contribution is 2.28. The SMILES string of the molecule is CO[N+](=O)c1cc(C)cc(-c2nnc(SCC(=O)O)n2CC(=O)O)c1. The summed E-state index contributed by atoms with van der Waals surface area (Å²) in [6, 6.07) is 4.79. The highest BCUT2D eigenvalue weighted by atomic mass is 32.2. The molecule has 10 nitrogen and oxygen atoms in total. The molecule has 11 heteroatoms. The lowest BCUT2D eigenvalue weighted by atomic mass is 10.1. The van der Waals surface area contributed by atoms with Crippen LogP contribution in [0.15, 0.2) is 23.4 Å². The number of aryl methyl sites for hydroxylation is 1. The van der Waals surface area contributed by atoms with E-state index in [-0.39, 0.29) is 22.4 Å². The van der Waals surface area contributed by atoms with Crippen LogP contribution in [0.25, 0.3) is 11.4 Å². The third kappa shape index (κ3) is 4.53. The Balaban J connectivity index is 2.50. The van der Waals surface area contributed by atoms with E-state index in [1.807, 2.05) is 0 Å². The smallest absolute Gasteiger partial charge is 0.323 e. The number of carboxylic acid groups (broad SMARTS) is 2. The van der Waals surface area contributed by atoms with Gasteiger partial charge in [0.1, 0.15) is 6.54 Å². The number of thioether (sulfide) groups is 1. The molecule has 2 aromatic rings. The molecule has 0 fully saturated rings. The van der Waals surface area contributed by atoms with Gasteiger partial charge in [-0.05, 0) is 18.6 Å².